The van der Waals surface area contributed by atoms with Crippen molar-refractivity contribution >= 4 is 11.9 Å². The average molecular weight is 390 g/mol. The molecular formula is C22H30O6. The molecule has 0 saturated carbocycles. The number of carbonyl (C=O) groups is 2. The normalized spacial score (nSPS) is 40.0. The number of hydrogen-bond donors (Lipinski definition) is 0. The second kappa shape index (κ2) is 7.84. The Morgan fingerprint density at radius 1 is 1.46 bits per heavy atom. The summed E-state index contributed by atoms with van der Waals surface area (Å²) in [6.45, 7) is 14.0. The van der Waals surface area contributed by atoms with Gasteiger partial charge in [-0.25, -0.2) is 9.59 Å². The molecule has 2 saturated heterocycles. The van der Waals surface area contributed by atoms with Gasteiger partial charge in [-0.05, 0) is 46.3 Å². The zero-order valence-electron chi connectivity index (χ0n) is 17.3. The summed E-state index contributed by atoms with van der Waals surface area (Å²) in [7, 11) is 0. The highest BCUT2D eigenvalue weighted by Crippen LogP contribution is 2.48. The Bertz CT molecular complexity index is 735. The summed E-state index contributed by atoms with van der Waals surface area (Å²) in [6, 6.07) is 0. The van der Waals surface area contributed by atoms with Crippen molar-refractivity contribution in [3.63, 3.8) is 0 Å². The van der Waals surface area contributed by atoms with E-state index in [-0.39, 0.29) is 12.2 Å². The first-order valence-electron chi connectivity index (χ1n) is 9.91. The molecule has 2 heterocycles. The van der Waals surface area contributed by atoms with E-state index in [1.807, 2.05) is 26.8 Å². The summed E-state index contributed by atoms with van der Waals surface area (Å²) in [5.74, 6) is -1.30. The molecule has 1 aliphatic carbocycles. The second-order valence-corrected chi connectivity index (χ2v) is 8.05. The molecule has 0 N–H and O–H groups in total. The molecule has 0 aromatic carbocycles. The molecule has 28 heavy (non-hydrogen) atoms. The van der Waals surface area contributed by atoms with E-state index < -0.39 is 35.7 Å². The number of allylic oxidation sites excluding steroid dienone is 1. The van der Waals surface area contributed by atoms with Gasteiger partial charge in [-0.1, -0.05) is 12.7 Å². The van der Waals surface area contributed by atoms with Crippen LogP contribution in [0.5, 0.6) is 0 Å². The third-order valence-electron chi connectivity index (χ3n) is 6.05. The third kappa shape index (κ3) is 3.94. The quantitative estimate of drug-likeness (QED) is 0.317. The Hall–Kier alpha value is -1.92. The molecule has 0 radical (unpaired) electrons. The molecule has 0 aromatic heterocycles. The summed E-state index contributed by atoms with van der Waals surface area (Å²) in [5, 5.41) is 0. The van der Waals surface area contributed by atoms with Crippen molar-refractivity contribution < 1.29 is 28.5 Å². The van der Waals surface area contributed by atoms with Gasteiger partial charge in [0.1, 0.15) is 12.2 Å². The molecule has 2 fully saturated rings. The molecule has 6 heteroatoms. The molecule has 6 atom stereocenters. The summed E-state index contributed by atoms with van der Waals surface area (Å²) in [5.41, 5.74) is 1.40. The van der Waals surface area contributed by atoms with E-state index in [0.29, 0.717) is 30.6 Å². The van der Waals surface area contributed by atoms with Gasteiger partial charge in [0.25, 0.3) is 0 Å². The topological polar surface area (TPSA) is 74.4 Å². The minimum absolute atomic E-state index is 0.0132. The van der Waals surface area contributed by atoms with Gasteiger partial charge in [-0.2, -0.15) is 0 Å². The van der Waals surface area contributed by atoms with E-state index >= 15 is 0 Å². The largest absolute Gasteiger partial charge is 0.458 e. The van der Waals surface area contributed by atoms with Crippen molar-refractivity contribution in [2.75, 3.05) is 6.61 Å². The van der Waals surface area contributed by atoms with Crippen molar-refractivity contribution in [1.82, 2.24) is 0 Å². The molecule has 6 nitrogen and oxygen atoms in total. The summed E-state index contributed by atoms with van der Waals surface area (Å²) in [4.78, 5) is 24.8. The molecule has 3 rings (SSSR count). The first-order chi connectivity index (χ1) is 13.2. The second-order valence-electron chi connectivity index (χ2n) is 8.05. The molecule has 3 aliphatic rings. The van der Waals surface area contributed by atoms with Crippen LogP contribution in [0.15, 0.2) is 35.5 Å². The molecule has 154 valence electrons. The fourth-order valence-corrected chi connectivity index (χ4v) is 4.09. The van der Waals surface area contributed by atoms with Crippen LogP contribution >= 0.6 is 0 Å². The first-order valence-corrected chi connectivity index (χ1v) is 9.91. The van der Waals surface area contributed by atoms with Crippen molar-refractivity contribution in [3.05, 3.63) is 35.5 Å². The summed E-state index contributed by atoms with van der Waals surface area (Å²) >= 11 is 0. The van der Waals surface area contributed by atoms with E-state index in [2.05, 4.69) is 6.58 Å². The minimum Gasteiger partial charge on any atom is -0.458 e. The van der Waals surface area contributed by atoms with Crippen LogP contribution in [-0.4, -0.2) is 48.6 Å². The van der Waals surface area contributed by atoms with Gasteiger partial charge in [0.05, 0.1) is 23.7 Å². The van der Waals surface area contributed by atoms with Gasteiger partial charge in [0.2, 0.25) is 0 Å². The van der Waals surface area contributed by atoms with Crippen LogP contribution in [-0.2, 0) is 28.5 Å². The van der Waals surface area contributed by atoms with Crippen LogP contribution in [0.3, 0.4) is 0 Å². The van der Waals surface area contributed by atoms with Gasteiger partial charge >= 0.3 is 11.9 Å². The van der Waals surface area contributed by atoms with Crippen molar-refractivity contribution in [1.29, 1.82) is 0 Å². The average Bonchev–Trinajstić information content (AvgIpc) is 3.18. The molecular weight excluding hydrogens is 360 g/mol. The Morgan fingerprint density at radius 2 is 2.18 bits per heavy atom. The Kier molecular flexibility index (Phi) is 5.82. The molecule has 0 spiro atoms. The van der Waals surface area contributed by atoms with Crippen molar-refractivity contribution in [2.45, 2.75) is 77.5 Å². The number of esters is 2. The summed E-state index contributed by atoms with van der Waals surface area (Å²) < 4.78 is 23.3. The summed E-state index contributed by atoms with van der Waals surface area (Å²) in [6.07, 6.45) is 3.62. The predicted octanol–water partition coefficient (Wildman–Crippen LogP) is 3.26. The Balaban J connectivity index is 1.98. The maximum atomic E-state index is 12.5. The maximum Gasteiger partial charge on any atom is 0.334 e. The van der Waals surface area contributed by atoms with Gasteiger partial charge < -0.3 is 18.9 Å². The lowest BCUT2D eigenvalue weighted by atomic mass is 9.82. The maximum absolute atomic E-state index is 12.5. The molecule has 0 aromatic rings. The van der Waals surface area contributed by atoms with E-state index in [1.165, 1.54) is 0 Å². The number of carbonyl (C=O) groups excluding carboxylic acids is 2. The number of rotatable bonds is 4. The van der Waals surface area contributed by atoms with Crippen LogP contribution in [0.1, 0.15) is 47.5 Å². The molecule has 0 amide bonds. The lowest BCUT2D eigenvalue weighted by molar-refractivity contribution is -0.148. The first kappa shape index (κ1) is 20.8. The third-order valence-corrected chi connectivity index (χ3v) is 6.05. The fraction of sp³-hybridized carbons (Fsp3) is 0.636. The van der Waals surface area contributed by atoms with E-state index in [1.54, 1.807) is 19.9 Å². The van der Waals surface area contributed by atoms with Gasteiger partial charge in [-0.15, -0.1) is 0 Å². The smallest absolute Gasteiger partial charge is 0.334 e. The SMILES string of the molecule is C=C1C(=O)O[C@H]2/C=C(/C)[C@@H](OCC)C[C@H]3O[C@]3(C)C[C@@H](OC(=O)/C(C)=C\C)[C@@H]12. The number of ether oxygens (including phenoxy) is 4. The highest BCUT2D eigenvalue weighted by molar-refractivity contribution is 5.92. The minimum atomic E-state index is -0.561. The standard InChI is InChI=1S/C22H30O6/c1-7-12(3)20(23)27-17-11-22(6)18(28-22)10-15(25-8-2)13(4)9-16-19(17)14(5)21(24)26-16/h7,9,15-19H,5,8,10-11H2,1-4,6H3/b12-7-,13-9-/t15-,16-,17+,18+,19-,22+/m0/s1. The van der Waals surface area contributed by atoms with E-state index in [4.69, 9.17) is 18.9 Å². The lowest BCUT2D eigenvalue weighted by Crippen LogP contribution is -2.38. The van der Waals surface area contributed by atoms with Crippen LogP contribution in [0, 0.1) is 5.92 Å². The number of epoxide rings is 1. The van der Waals surface area contributed by atoms with Crippen LogP contribution in [0.4, 0.5) is 0 Å². The van der Waals surface area contributed by atoms with Crippen LogP contribution in [0.25, 0.3) is 0 Å². The van der Waals surface area contributed by atoms with Crippen molar-refractivity contribution in [2.24, 2.45) is 5.92 Å². The van der Waals surface area contributed by atoms with Crippen molar-refractivity contribution in [3.8, 4) is 0 Å². The van der Waals surface area contributed by atoms with E-state index in [0.717, 1.165) is 5.57 Å². The Morgan fingerprint density at radius 3 is 2.82 bits per heavy atom. The number of fused-ring (bicyclic) bond motifs is 2. The predicted molar refractivity (Wildman–Crippen MR) is 104 cm³/mol. The molecule has 0 bridgehead atoms. The van der Waals surface area contributed by atoms with E-state index in [9.17, 15) is 9.59 Å². The fourth-order valence-electron chi connectivity index (χ4n) is 4.09. The highest BCUT2D eigenvalue weighted by Gasteiger charge is 2.57. The lowest BCUT2D eigenvalue weighted by Gasteiger charge is -2.29. The molecule has 0 unspecified atom stereocenters. The zero-order valence-corrected chi connectivity index (χ0v) is 17.3. The highest BCUT2D eigenvalue weighted by atomic mass is 16.6. The monoisotopic (exact) mass is 390 g/mol. The zero-order chi connectivity index (χ0) is 20.6. The van der Waals surface area contributed by atoms with Gasteiger partial charge in [0.15, 0.2) is 0 Å². The van der Waals surface area contributed by atoms with Crippen LogP contribution < -0.4 is 0 Å². The van der Waals surface area contributed by atoms with Gasteiger partial charge in [-0.3, -0.25) is 0 Å². The number of hydrogen-bond acceptors (Lipinski definition) is 6. The molecule has 2 aliphatic heterocycles. The van der Waals surface area contributed by atoms with Crippen LogP contribution in [0.2, 0.25) is 0 Å². The van der Waals surface area contributed by atoms with Gasteiger partial charge in [0, 0.05) is 30.6 Å². The Labute approximate surface area is 166 Å².